The van der Waals surface area contributed by atoms with Crippen molar-refractivity contribution in [3.8, 4) is 0 Å². The third-order valence-electron chi connectivity index (χ3n) is 3.43. The molecule has 2 N–H and O–H groups in total. The smallest absolute Gasteiger partial charge is 0.135 e. The summed E-state index contributed by atoms with van der Waals surface area (Å²) in [5.74, 6) is 3.07. The topological polar surface area (TPSA) is 59.1 Å². The van der Waals surface area contributed by atoms with Crippen LogP contribution in [0.1, 0.15) is 45.5 Å². The molecule has 21 heavy (non-hydrogen) atoms. The summed E-state index contributed by atoms with van der Waals surface area (Å²) in [5.41, 5.74) is 1.07. The van der Waals surface area contributed by atoms with Gasteiger partial charge in [-0.3, -0.25) is 0 Å². The highest BCUT2D eigenvalue weighted by atomic mass is 16.5. The molecule has 0 aliphatic rings. The number of nitrogens with zero attached hydrogens (tertiary/aromatic N) is 2. The maximum absolute atomic E-state index is 5.57. The molecule has 120 valence electrons. The van der Waals surface area contributed by atoms with Gasteiger partial charge in [-0.1, -0.05) is 20.8 Å². The van der Waals surface area contributed by atoms with E-state index in [0.717, 1.165) is 42.6 Å². The Morgan fingerprint density at radius 2 is 1.76 bits per heavy atom. The van der Waals surface area contributed by atoms with Gasteiger partial charge in [0.25, 0.3) is 0 Å². The van der Waals surface area contributed by atoms with E-state index in [-0.39, 0.29) is 6.04 Å². The fourth-order valence-corrected chi connectivity index (χ4v) is 2.01. The van der Waals surface area contributed by atoms with Crippen molar-refractivity contribution in [2.45, 2.75) is 54.0 Å². The van der Waals surface area contributed by atoms with E-state index in [4.69, 9.17) is 4.74 Å². The van der Waals surface area contributed by atoms with Crippen molar-refractivity contribution >= 4 is 11.6 Å². The van der Waals surface area contributed by atoms with Crippen molar-refractivity contribution in [3.63, 3.8) is 0 Å². The van der Waals surface area contributed by atoms with E-state index in [1.807, 2.05) is 13.8 Å². The molecule has 1 rings (SSSR count). The lowest BCUT2D eigenvalue weighted by Crippen LogP contribution is -2.32. The minimum absolute atomic E-state index is 0.247. The number of nitrogens with one attached hydrogen (secondary N) is 2. The largest absolute Gasteiger partial charge is 0.380 e. The number of aryl methyl sites for hydroxylation is 1. The minimum atomic E-state index is 0.247. The second-order valence-corrected chi connectivity index (χ2v) is 5.67. The van der Waals surface area contributed by atoms with Crippen LogP contribution in [-0.4, -0.2) is 35.8 Å². The highest BCUT2D eigenvalue weighted by Crippen LogP contribution is 2.22. The molecule has 0 fully saturated rings. The molecule has 0 saturated heterocycles. The highest BCUT2D eigenvalue weighted by Gasteiger charge is 2.17. The molecule has 1 aromatic heterocycles. The van der Waals surface area contributed by atoms with Crippen molar-refractivity contribution in [3.05, 3.63) is 11.4 Å². The van der Waals surface area contributed by atoms with Crippen molar-refractivity contribution < 1.29 is 4.74 Å². The van der Waals surface area contributed by atoms with Gasteiger partial charge in [0.1, 0.15) is 17.5 Å². The first-order valence-corrected chi connectivity index (χ1v) is 7.92. The van der Waals surface area contributed by atoms with E-state index < -0.39 is 0 Å². The van der Waals surface area contributed by atoms with Crippen molar-refractivity contribution in [2.75, 3.05) is 30.4 Å². The Labute approximate surface area is 128 Å². The molecule has 0 bridgehead atoms. The van der Waals surface area contributed by atoms with Gasteiger partial charge in [-0.15, -0.1) is 0 Å². The van der Waals surface area contributed by atoms with Crippen molar-refractivity contribution in [1.82, 2.24) is 9.97 Å². The number of hydrogen-bond acceptors (Lipinski definition) is 5. The molecule has 1 atom stereocenters. The van der Waals surface area contributed by atoms with Crippen LogP contribution in [0.15, 0.2) is 0 Å². The molecule has 0 aliphatic carbocycles. The van der Waals surface area contributed by atoms with Crippen LogP contribution in [0, 0.1) is 19.8 Å². The number of aromatic nitrogens is 2. The molecule has 1 unspecified atom stereocenters. The zero-order chi connectivity index (χ0) is 15.8. The van der Waals surface area contributed by atoms with Crippen LogP contribution in [0.2, 0.25) is 0 Å². The molecule has 0 radical (unpaired) electrons. The van der Waals surface area contributed by atoms with Crippen LogP contribution in [0.3, 0.4) is 0 Å². The lowest BCUT2D eigenvalue weighted by Gasteiger charge is -2.24. The van der Waals surface area contributed by atoms with Crippen LogP contribution in [0.4, 0.5) is 11.6 Å². The average Bonchev–Trinajstić information content (AvgIpc) is 2.44. The SMILES string of the molecule is CCCNc1nc(C)nc(NC(COCC)C(C)C)c1C. The van der Waals surface area contributed by atoms with E-state index in [1.54, 1.807) is 0 Å². The van der Waals surface area contributed by atoms with E-state index in [1.165, 1.54) is 0 Å². The molecule has 5 nitrogen and oxygen atoms in total. The van der Waals surface area contributed by atoms with Gasteiger partial charge in [-0.2, -0.15) is 0 Å². The normalized spacial score (nSPS) is 12.5. The van der Waals surface area contributed by atoms with E-state index >= 15 is 0 Å². The summed E-state index contributed by atoms with van der Waals surface area (Å²) in [5, 5.41) is 6.89. The van der Waals surface area contributed by atoms with Crippen molar-refractivity contribution in [2.24, 2.45) is 5.92 Å². The fourth-order valence-electron chi connectivity index (χ4n) is 2.01. The Kier molecular flexibility index (Phi) is 7.43. The summed E-state index contributed by atoms with van der Waals surface area (Å²) in [4.78, 5) is 9.05. The first kappa shape index (κ1) is 17.7. The zero-order valence-corrected chi connectivity index (χ0v) is 14.3. The molecule has 0 spiro atoms. The average molecular weight is 294 g/mol. The Morgan fingerprint density at radius 3 is 2.33 bits per heavy atom. The second kappa shape index (κ2) is 8.82. The minimum Gasteiger partial charge on any atom is -0.380 e. The number of anilines is 2. The summed E-state index contributed by atoms with van der Waals surface area (Å²) in [7, 11) is 0. The monoisotopic (exact) mass is 294 g/mol. The van der Waals surface area contributed by atoms with Crippen molar-refractivity contribution in [1.29, 1.82) is 0 Å². The molecular weight excluding hydrogens is 264 g/mol. The van der Waals surface area contributed by atoms with Crippen LogP contribution < -0.4 is 10.6 Å². The second-order valence-electron chi connectivity index (χ2n) is 5.67. The summed E-state index contributed by atoms with van der Waals surface area (Å²) < 4.78 is 5.57. The van der Waals surface area contributed by atoms with E-state index in [0.29, 0.717) is 12.5 Å². The summed E-state index contributed by atoms with van der Waals surface area (Å²) >= 11 is 0. The molecule has 0 saturated carbocycles. The third-order valence-corrected chi connectivity index (χ3v) is 3.43. The number of ether oxygens (including phenoxy) is 1. The first-order valence-electron chi connectivity index (χ1n) is 7.92. The molecule has 0 amide bonds. The molecule has 0 aliphatic heterocycles. The molecular formula is C16H30N4O. The third kappa shape index (κ3) is 5.50. The van der Waals surface area contributed by atoms with Gasteiger partial charge in [-0.25, -0.2) is 9.97 Å². The maximum Gasteiger partial charge on any atom is 0.135 e. The Hall–Kier alpha value is -1.36. The first-order chi connectivity index (χ1) is 9.99. The van der Waals surface area contributed by atoms with Crippen LogP contribution in [0.5, 0.6) is 0 Å². The van der Waals surface area contributed by atoms with Gasteiger partial charge in [0.15, 0.2) is 0 Å². The lowest BCUT2D eigenvalue weighted by molar-refractivity contribution is 0.126. The summed E-state index contributed by atoms with van der Waals surface area (Å²) in [6, 6.07) is 0.247. The molecule has 0 aromatic carbocycles. The van der Waals surface area contributed by atoms with E-state index in [2.05, 4.69) is 48.3 Å². The molecule has 1 heterocycles. The van der Waals surface area contributed by atoms with Gasteiger partial charge < -0.3 is 15.4 Å². The number of hydrogen-bond donors (Lipinski definition) is 2. The summed E-state index contributed by atoms with van der Waals surface area (Å²) in [6.07, 6.45) is 1.07. The van der Waals surface area contributed by atoms with Gasteiger partial charge >= 0.3 is 0 Å². The van der Waals surface area contributed by atoms with Gasteiger partial charge in [-0.05, 0) is 33.1 Å². The van der Waals surface area contributed by atoms with Crippen LogP contribution >= 0.6 is 0 Å². The van der Waals surface area contributed by atoms with Crippen LogP contribution in [0.25, 0.3) is 0 Å². The number of rotatable bonds is 9. The Morgan fingerprint density at radius 1 is 1.10 bits per heavy atom. The standard InChI is InChI=1S/C16H30N4O/c1-7-9-17-15-12(5)16(19-13(6)18-15)20-14(11(3)4)10-21-8-2/h11,14H,7-10H2,1-6H3,(H2,17,18,19,20). The highest BCUT2D eigenvalue weighted by molar-refractivity contribution is 5.57. The predicted molar refractivity (Wildman–Crippen MR) is 89.0 cm³/mol. The Bertz CT molecular complexity index is 435. The quantitative estimate of drug-likeness (QED) is 0.731. The lowest BCUT2D eigenvalue weighted by atomic mass is 10.1. The zero-order valence-electron chi connectivity index (χ0n) is 14.3. The predicted octanol–water partition coefficient (Wildman–Crippen LogP) is 3.39. The molecule has 1 aromatic rings. The van der Waals surface area contributed by atoms with Gasteiger partial charge in [0.2, 0.25) is 0 Å². The summed E-state index contributed by atoms with van der Waals surface area (Å²) in [6.45, 7) is 14.9. The van der Waals surface area contributed by atoms with Crippen LogP contribution in [-0.2, 0) is 4.74 Å². The maximum atomic E-state index is 5.57. The fraction of sp³-hybridized carbons (Fsp3) is 0.750. The van der Waals surface area contributed by atoms with E-state index in [9.17, 15) is 0 Å². The Balaban J connectivity index is 2.91. The van der Waals surface area contributed by atoms with Gasteiger partial charge in [0.05, 0.1) is 12.6 Å². The van der Waals surface area contributed by atoms with Gasteiger partial charge in [0, 0.05) is 18.7 Å². The molecule has 5 heteroatoms.